The van der Waals surface area contributed by atoms with Crippen molar-refractivity contribution in [3.8, 4) is 5.75 Å². The molecule has 0 atom stereocenters. The van der Waals surface area contributed by atoms with Gasteiger partial charge in [-0.3, -0.25) is 4.79 Å². The number of hydrogen-bond acceptors (Lipinski definition) is 6. The quantitative estimate of drug-likeness (QED) is 0.777. The number of rotatable bonds is 5. The minimum Gasteiger partial charge on any atom is -0.497 e. The maximum Gasteiger partial charge on any atom is 0.244 e. The molecule has 0 radical (unpaired) electrons. The van der Waals surface area contributed by atoms with E-state index in [0.29, 0.717) is 36.6 Å². The van der Waals surface area contributed by atoms with Gasteiger partial charge in [0.05, 0.1) is 17.3 Å². The third kappa shape index (κ3) is 3.81. The standard InChI is InChI=1S/C16H20N4O4S/c1-24-13-2-4-14(5-3-13)25(22,23)15-6-8-19(9-7-15)16(21)10-20-12-17-11-18-20/h2-5,11-12,15H,6-10H2,1H3. The zero-order chi connectivity index (χ0) is 17.9. The second kappa shape index (κ2) is 7.22. The lowest BCUT2D eigenvalue weighted by Gasteiger charge is -2.31. The fourth-order valence-corrected chi connectivity index (χ4v) is 4.66. The Morgan fingerprint density at radius 3 is 2.48 bits per heavy atom. The molecule has 0 aliphatic carbocycles. The summed E-state index contributed by atoms with van der Waals surface area (Å²) >= 11 is 0. The van der Waals surface area contributed by atoms with Gasteiger partial charge in [0.25, 0.3) is 0 Å². The van der Waals surface area contributed by atoms with Crippen LogP contribution >= 0.6 is 0 Å². The molecule has 8 nitrogen and oxygen atoms in total. The second-order valence-electron chi connectivity index (χ2n) is 5.89. The van der Waals surface area contributed by atoms with Gasteiger partial charge in [-0.2, -0.15) is 5.10 Å². The number of carbonyl (C=O) groups is 1. The number of carbonyl (C=O) groups excluding carboxylic acids is 1. The molecule has 0 saturated carbocycles. The van der Waals surface area contributed by atoms with E-state index in [0.717, 1.165) is 0 Å². The van der Waals surface area contributed by atoms with Gasteiger partial charge in [-0.25, -0.2) is 18.1 Å². The fraction of sp³-hybridized carbons (Fsp3) is 0.438. The van der Waals surface area contributed by atoms with Gasteiger partial charge in [0.1, 0.15) is 24.9 Å². The van der Waals surface area contributed by atoms with Crippen LogP contribution in [-0.4, -0.2) is 59.4 Å². The molecular weight excluding hydrogens is 344 g/mol. The maximum atomic E-state index is 12.8. The SMILES string of the molecule is COc1ccc(S(=O)(=O)C2CCN(C(=O)Cn3cncn3)CC2)cc1. The number of amides is 1. The lowest BCUT2D eigenvalue weighted by atomic mass is 10.1. The topological polar surface area (TPSA) is 94.4 Å². The Hall–Kier alpha value is -2.42. The Morgan fingerprint density at radius 1 is 1.24 bits per heavy atom. The number of aromatic nitrogens is 3. The third-order valence-electron chi connectivity index (χ3n) is 4.39. The Kier molecular flexibility index (Phi) is 5.03. The van der Waals surface area contributed by atoms with Gasteiger partial charge in [-0.1, -0.05) is 0 Å². The van der Waals surface area contributed by atoms with Crippen molar-refractivity contribution < 1.29 is 17.9 Å². The third-order valence-corrected chi connectivity index (χ3v) is 6.66. The van der Waals surface area contributed by atoms with Gasteiger partial charge in [0, 0.05) is 13.1 Å². The monoisotopic (exact) mass is 364 g/mol. The Balaban J connectivity index is 1.61. The molecule has 2 heterocycles. The molecule has 134 valence electrons. The summed E-state index contributed by atoms with van der Waals surface area (Å²) in [5, 5.41) is 3.44. The summed E-state index contributed by atoms with van der Waals surface area (Å²) in [6.45, 7) is 0.969. The molecule has 9 heteroatoms. The van der Waals surface area contributed by atoms with Crippen LogP contribution in [0.3, 0.4) is 0 Å². The first kappa shape index (κ1) is 17.4. The van der Waals surface area contributed by atoms with E-state index in [9.17, 15) is 13.2 Å². The van der Waals surface area contributed by atoms with E-state index in [1.54, 1.807) is 29.2 Å². The molecule has 3 rings (SSSR count). The predicted octanol–water partition coefficient (Wildman–Crippen LogP) is 0.752. The minimum absolute atomic E-state index is 0.0780. The normalized spacial score (nSPS) is 16.0. The zero-order valence-electron chi connectivity index (χ0n) is 13.9. The molecule has 0 N–H and O–H groups in total. The van der Waals surface area contributed by atoms with Crippen LogP contribution in [0, 0.1) is 0 Å². The van der Waals surface area contributed by atoms with Crippen LogP contribution < -0.4 is 4.74 Å². The Labute approximate surface area is 146 Å². The van der Waals surface area contributed by atoms with E-state index < -0.39 is 15.1 Å². The molecule has 1 aromatic heterocycles. The highest BCUT2D eigenvalue weighted by Crippen LogP contribution is 2.26. The van der Waals surface area contributed by atoms with E-state index in [2.05, 4.69) is 10.1 Å². The smallest absolute Gasteiger partial charge is 0.244 e. The van der Waals surface area contributed by atoms with Crippen LogP contribution in [0.2, 0.25) is 0 Å². The summed E-state index contributed by atoms with van der Waals surface area (Å²) in [5.41, 5.74) is 0. The molecule has 0 unspecified atom stereocenters. The minimum atomic E-state index is -3.41. The van der Waals surface area contributed by atoms with Crippen LogP contribution in [0.1, 0.15) is 12.8 Å². The molecule has 1 amide bonds. The molecular formula is C16H20N4O4S. The summed E-state index contributed by atoms with van der Waals surface area (Å²) in [7, 11) is -1.87. The van der Waals surface area contributed by atoms with Crippen molar-refractivity contribution in [3.63, 3.8) is 0 Å². The maximum absolute atomic E-state index is 12.8. The van der Waals surface area contributed by atoms with Crippen LogP contribution in [0.4, 0.5) is 0 Å². The molecule has 1 aliphatic rings. The molecule has 0 bridgehead atoms. The highest BCUT2D eigenvalue weighted by atomic mass is 32.2. The largest absolute Gasteiger partial charge is 0.497 e. The average molecular weight is 364 g/mol. The van der Waals surface area contributed by atoms with E-state index in [-0.39, 0.29) is 12.5 Å². The average Bonchev–Trinajstić information content (AvgIpc) is 3.15. The lowest BCUT2D eigenvalue weighted by Crippen LogP contribution is -2.43. The van der Waals surface area contributed by atoms with Gasteiger partial charge in [0.2, 0.25) is 5.91 Å². The van der Waals surface area contributed by atoms with E-state index in [1.807, 2.05) is 0 Å². The fourth-order valence-electron chi connectivity index (χ4n) is 2.93. The molecule has 1 aliphatic heterocycles. The predicted molar refractivity (Wildman–Crippen MR) is 89.8 cm³/mol. The van der Waals surface area contributed by atoms with Gasteiger partial charge < -0.3 is 9.64 Å². The highest BCUT2D eigenvalue weighted by Gasteiger charge is 2.32. The number of methoxy groups -OCH3 is 1. The zero-order valence-corrected chi connectivity index (χ0v) is 14.7. The Bertz CT molecular complexity index is 810. The number of benzene rings is 1. The summed E-state index contributed by atoms with van der Waals surface area (Å²) < 4.78 is 32.0. The molecule has 1 fully saturated rings. The summed E-state index contributed by atoms with van der Waals surface area (Å²) in [4.78, 5) is 18.0. The highest BCUT2D eigenvalue weighted by molar-refractivity contribution is 7.92. The van der Waals surface area contributed by atoms with Crippen molar-refractivity contribution in [2.24, 2.45) is 0 Å². The molecule has 1 saturated heterocycles. The lowest BCUT2D eigenvalue weighted by molar-refractivity contribution is -0.132. The van der Waals surface area contributed by atoms with E-state index >= 15 is 0 Å². The van der Waals surface area contributed by atoms with Crippen molar-refractivity contribution >= 4 is 15.7 Å². The first-order valence-electron chi connectivity index (χ1n) is 7.99. The molecule has 2 aromatic rings. The number of nitrogens with zero attached hydrogens (tertiary/aromatic N) is 4. The van der Waals surface area contributed by atoms with Gasteiger partial charge in [-0.15, -0.1) is 0 Å². The molecule has 0 spiro atoms. The van der Waals surface area contributed by atoms with Crippen molar-refractivity contribution in [2.75, 3.05) is 20.2 Å². The first-order chi connectivity index (χ1) is 12.0. The van der Waals surface area contributed by atoms with Crippen LogP contribution in [0.15, 0.2) is 41.8 Å². The molecule has 25 heavy (non-hydrogen) atoms. The second-order valence-corrected chi connectivity index (χ2v) is 8.12. The summed E-state index contributed by atoms with van der Waals surface area (Å²) in [6, 6.07) is 6.42. The van der Waals surface area contributed by atoms with Crippen LogP contribution in [-0.2, 0) is 21.2 Å². The van der Waals surface area contributed by atoms with Crippen molar-refractivity contribution in [2.45, 2.75) is 29.5 Å². The van der Waals surface area contributed by atoms with Crippen LogP contribution in [0.25, 0.3) is 0 Å². The number of hydrogen-bond donors (Lipinski definition) is 0. The number of sulfone groups is 1. The number of piperidine rings is 1. The van der Waals surface area contributed by atoms with Gasteiger partial charge >= 0.3 is 0 Å². The van der Waals surface area contributed by atoms with Gasteiger partial charge in [-0.05, 0) is 37.1 Å². The van der Waals surface area contributed by atoms with Gasteiger partial charge in [0.15, 0.2) is 9.84 Å². The van der Waals surface area contributed by atoms with Crippen molar-refractivity contribution in [1.29, 1.82) is 0 Å². The first-order valence-corrected chi connectivity index (χ1v) is 9.53. The van der Waals surface area contributed by atoms with E-state index in [1.165, 1.54) is 24.4 Å². The number of likely N-dealkylation sites (tertiary alicyclic amines) is 1. The molecule has 1 aromatic carbocycles. The van der Waals surface area contributed by atoms with Crippen LogP contribution in [0.5, 0.6) is 5.75 Å². The summed E-state index contributed by atoms with van der Waals surface area (Å²) in [6.07, 6.45) is 3.72. The van der Waals surface area contributed by atoms with E-state index in [4.69, 9.17) is 4.74 Å². The number of ether oxygens (including phenoxy) is 1. The Morgan fingerprint density at radius 2 is 1.92 bits per heavy atom. The van der Waals surface area contributed by atoms with Crippen molar-refractivity contribution in [3.05, 3.63) is 36.9 Å². The van der Waals surface area contributed by atoms with Crippen molar-refractivity contribution in [1.82, 2.24) is 19.7 Å². The summed E-state index contributed by atoms with van der Waals surface area (Å²) in [5.74, 6) is 0.540.